The predicted octanol–water partition coefficient (Wildman–Crippen LogP) is 1.98. The fraction of sp³-hybridized carbons (Fsp3) is 1.00. The molecule has 2 fully saturated rings. The zero-order chi connectivity index (χ0) is 8.01. The summed E-state index contributed by atoms with van der Waals surface area (Å²) in [4.78, 5) is 2.57. The second-order valence-electron chi connectivity index (χ2n) is 4.72. The first-order valence-electron chi connectivity index (χ1n) is 4.88. The lowest BCUT2D eigenvalue weighted by Gasteiger charge is -2.17. The first-order chi connectivity index (χ1) is 5.18. The van der Waals surface area contributed by atoms with Gasteiger partial charge in [-0.2, -0.15) is 0 Å². The van der Waals surface area contributed by atoms with Gasteiger partial charge in [0, 0.05) is 12.6 Å². The van der Waals surface area contributed by atoms with Crippen LogP contribution in [0.5, 0.6) is 0 Å². The molecule has 64 valence electrons. The van der Waals surface area contributed by atoms with Crippen molar-refractivity contribution in [1.82, 2.24) is 4.90 Å². The molecule has 0 aromatic carbocycles. The molecule has 2 rings (SSSR count). The van der Waals surface area contributed by atoms with E-state index in [-0.39, 0.29) is 0 Å². The van der Waals surface area contributed by atoms with Gasteiger partial charge < -0.3 is 4.90 Å². The largest absolute Gasteiger partial charge is 0.303 e. The van der Waals surface area contributed by atoms with Gasteiger partial charge >= 0.3 is 0 Å². The summed E-state index contributed by atoms with van der Waals surface area (Å²) in [6.45, 7) is 6.15. The Balaban J connectivity index is 2.10. The molecule has 1 saturated carbocycles. The van der Waals surface area contributed by atoms with E-state index in [0.29, 0.717) is 0 Å². The standard InChI is InChI=1S/C10H19N/c1-7-4-9-8(2)6-11(3)10(9)5-7/h7-10H,4-6H2,1-3H3. The maximum Gasteiger partial charge on any atom is 0.0126 e. The molecule has 4 unspecified atom stereocenters. The summed E-state index contributed by atoms with van der Waals surface area (Å²) in [5, 5.41) is 0. The Morgan fingerprint density at radius 2 is 1.91 bits per heavy atom. The summed E-state index contributed by atoms with van der Waals surface area (Å²) in [7, 11) is 2.29. The van der Waals surface area contributed by atoms with Crippen molar-refractivity contribution in [3.05, 3.63) is 0 Å². The van der Waals surface area contributed by atoms with Crippen LogP contribution in [-0.4, -0.2) is 24.5 Å². The average Bonchev–Trinajstić information content (AvgIpc) is 2.38. The van der Waals surface area contributed by atoms with Crippen molar-refractivity contribution in [2.75, 3.05) is 13.6 Å². The number of nitrogens with zero attached hydrogens (tertiary/aromatic N) is 1. The number of likely N-dealkylation sites (tertiary alicyclic amines) is 1. The van der Waals surface area contributed by atoms with Gasteiger partial charge in [0.1, 0.15) is 0 Å². The zero-order valence-electron chi connectivity index (χ0n) is 7.88. The maximum absolute atomic E-state index is 2.57. The quantitative estimate of drug-likeness (QED) is 0.514. The highest BCUT2D eigenvalue weighted by Gasteiger charge is 2.42. The Hall–Kier alpha value is -0.0400. The van der Waals surface area contributed by atoms with Crippen LogP contribution in [0.1, 0.15) is 26.7 Å². The third kappa shape index (κ3) is 1.10. The topological polar surface area (TPSA) is 3.24 Å². The fourth-order valence-corrected chi connectivity index (χ4v) is 3.15. The SMILES string of the molecule is CC1CC2C(C)CN(C)C2C1. The Bertz CT molecular complexity index is 139. The monoisotopic (exact) mass is 153 g/mol. The van der Waals surface area contributed by atoms with Gasteiger partial charge in [-0.05, 0) is 37.6 Å². The Morgan fingerprint density at radius 3 is 2.55 bits per heavy atom. The van der Waals surface area contributed by atoms with Crippen LogP contribution < -0.4 is 0 Å². The highest BCUT2D eigenvalue weighted by atomic mass is 15.2. The normalized spacial score (nSPS) is 51.5. The molecule has 1 saturated heterocycles. The number of rotatable bonds is 0. The lowest BCUT2D eigenvalue weighted by Crippen LogP contribution is -2.25. The molecule has 4 atom stereocenters. The van der Waals surface area contributed by atoms with Gasteiger partial charge in [0.2, 0.25) is 0 Å². The number of hydrogen-bond donors (Lipinski definition) is 0. The molecule has 0 N–H and O–H groups in total. The molecule has 0 spiro atoms. The van der Waals surface area contributed by atoms with Gasteiger partial charge in [-0.25, -0.2) is 0 Å². The third-order valence-corrected chi connectivity index (χ3v) is 3.69. The summed E-state index contributed by atoms with van der Waals surface area (Å²) in [6, 6.07) is 0.931. The number of hydrogen-bond acceptors (Lipinski definition) is 1. The van der Waals surface area contributed by atoms with E-state index in [1.165, 1.54) is 19.4 Å². The van der Waals surface area contributed by atoms with Gasteiger partial charge in [0.05, 0.1) is 0 Å². The molecule has 1 aliphatic heterocycles. The molecule has 1 heterocycles. The van der Waals surface area contributed by atoms with Gasteiger partial charge in [-0.15, -0.1) is 0 Å². The van der Waals surface area contributed by atoms with Crippen molar-refractivity contribution in [1.29, 1.82) is 0 Å². The highest BCUT2D eigenvalue weighted by Crippen LogP contribution is 2.43. The van der Waals surface area contributed by atoms with E-state index < -0.39 is 0 Å². The zero-order valence-corrected chi connectivity index (χ0v) is 7.88. The van der Waals surface area contributed by atoms with E-state index in [4.69, 9.17) is 0 Å². The lowest BCUT2D eigenvalue weighted by molar-refractivity contribution is 0.288. The van der Waals surface area contributed by atoms with E-state index >= 15 is 0 Å². The molecule has 1 nitrogen and oxygen atoms in total. The van der Waals surface area contributed by atoms with Gasteiger partial charge in [0.25, 0.3) is 0 Å². The molecule has 2 aliphatic rings. The minimum atomic E-state index is 0.931. The minimum Gasteiger partial charge on any atom is -0.303 e. The Kier molecular flexibility index (Phi) is 1.71. The van der Waals surface area contributed by atoms with Crippen LogP contribution in [0.2, 0.25) is 0 Å². The van der Waals surface area contributed by atoms with E-state index in [2.05, 4.69) is 25.8 Å². The first-order valence-corrected chi connectivity index (χ1v) is 4.88. The lowest BCUT2D eigenvalue weighted by atomic mass is 9.94. The number of fused-ring (bicyclic) bond motifs is 1. The second kappa shape index (κ2) is 2.48. The van der Waals surface area contributed by atoms with Crippen LogP contribution in [-0.2, 0) is 0 Å². The van der Waals surface area contributed by atoms with Gasteiger partial charge in [-0.1, -0.05) is 13.8 Å². The van der Waals surface area contributed by atoms with Crippen LogP contribution in [0.3, 0.4) is 0 Å². The Morgan fingerprint density at radius 1 is 1.18 bits per heavy atom. The predicted molar refractivity (Wildman–Crippen MR) is 47.5 cm³/mol. The smallest absolute Gasteiger partial charge is 0.0126 e. The molecule has 0 aromatic rings. The second-order valence-corrected chi connectivity index (χ2v) is 4.72. The molecule has 11 heavy (non-hydrogen) atoms. The third-order valence-electron chi connectivity index (χ3n) is 3.69. The van der Waals surface area contributed by atoms with Crippen molar-refractivity contribution < 1.29 is 0 Å². The molecule has 0 aromatic heterocycles. The first kappa shape index (κ1) is 7.60. The molecule has 0 radical (unpaired) electrons. The maximum atomic E-state index is 2.57. The summed E-state index contributed by atoms with van der Waals surface area (Å²) in [5.41, 5.74) is 0. The van der Waals surface area contributed by atoms with Gasteiger partial charge in [-0.3, -0.25) is 0 Å². The van der Waals surface area contributed by atoms with Crippen molar-refractivity contribution in [3.8, 4) is 0 Å². The van der Waals surface area contributed by atoms with E-state index in [1.54, 1.807) is 0 Å². The van der Waals surface area contributed by atoms with Crippen LogP contribution in [0.4, 0.5) is 0 Å². The summed E-state index contributed by atoms with van der Waals surface area (Å²) < 4.78 is 0. The molecule has 1 aliphatic carbocycles. The van der Waals surface area contributed by atoms with E-state index in [1.807, 2.05) is 0 Å². The summed E-state index contributed by atoms with van der Waals surface area (Å²) >= 11 is 0. The van der Waals surface area contributed by atoms with Crippen molar-refractivity contribution in [2.24, 2.45) is 17.8 Å². The van der Waals surface area contributed by atoms with Crippen LogP contribution in [0, 0.1) is 17.8 Å². The van der Waals surface area contributed by atoms with Crippen LogP contribution in [0.25, 0.3) is 0 Å². The Labute approximate surface area is 69.8 Å². The summed E-state index contributed by atoms with van der Waals surface area (Å²) in [5.74, 6) is 2.96. The molecule has 0 amide bonds. The average molecular weight is 153 g/mol. The summed E-state index contributed by atoms with van der Waals surface area (Å²) in [6.07, 6.45) is 2.93. The van der Waals surface area contributed by atoms with Crippen molar-refractivity contribution >= 4 is 0 Å². The van der Waals surface area contributed by atoms with E-state index in [0.717, 1.165) is 23.8 Å². The fourth-order valence-electron chi connectivity index (χ4n) is 3.15. The van der Waals surface area contributed by atoms with Crippen molar-refractivity contribution in [3.63, 3.8) is 0 Å². The van der Waals surface area contributed by atoms with Crippen molar-refractivity contribution in [2.45, 2.75) is 32.7 Å². The molecule has 0 bridgehead atoms. The minimum absolute atomic E-state index is 0.931. The molecule has 1 heteroatoms. The van der Waals surface area contributed by atoms with Crippen LogP contribution in [0.15, 0.2) is 0 Å². The van der Waals surface area contributed by atoms with E-state index in [9.17, 15) is 0 Å². The van der Waals surface area contributed by atoms with Crippen LogP contribution >= 0.6 is 0 Å². The molecular weight excluding hydrogens is 134 g/mol. The molecular formula is C10H19N. The van der Waals surface area contributed by atoms with Gasteiger partial charge in [0.15, 0.2) is 0 Å². The highest BCUT2D eigenvalue weighted by molar-refractivity contribution is 4.95.